The Labute approximate surface area is 168 Å². The first kappa shape index (κ1) is 23.0. The molecule has 1 rings (SSSR count). The highest BCUT2D eigenvalue weighted by molar-refractivity contribution is 8.13. The molecule has 1 amide bonds. The van der Waals surface area contributed by atoms with E-state index in [-0.39, 0.29) is 11.8 Å². The standard InChI is InChI=1S/C21H33ClN2OS/c1-6-9-12-16(8-3)19(25)23-20(26-5)24-21(4,15-7-2)17-13-10-11-14-18(17)22/h10-11,13-14,16H,6-9,12,15H2,1-5H3,(H,23,24,25). The van der Waals surface area contributed by atoms with E-state index in [0.717, 1.165) is 44.1 Å². The lowest BCUT2D eigenvalue weighted by molar-refractivity contribution is -0.123. The number of amides is 1. The molecule has 0 aromatic heterocycles. The number of aliphatic imine (C=N–C) groups is 1. The third-order valence-corrected chi connectivity index (χ3v) is 5.64. The maximum Gasteiger partial charge on any atom is 0.229 e. The van der Waals surface area contributed by atoms with E-state index in [1.165, 1.54) is 11.8 Å². The summed E-state index contributed by atoms with van der Waals surface area (Å²) in [6.45, 7) is 8.45. The number of thioether (sulfide) groups is 1. The molecule has 1 N–H and O–H groups in total. The fourth-order valence-electron chi connectivity index (χ4n) is 3.16. The fraction of sp³-hybridized carbons (Fsp3) is 0.619. The van der Waals surface area contributed by atoms with Crippen LogP contribution in [-0.4, -0.2) is 17.3 Å². The van der Waals surface area contributed by atoms with Crippen LogP contribution in [0.5, 0.6) is 0 Å². The van der Waals surface area contributed by atoms with E-state index in [2.05, 4.69) is 33.0 Å². The molecule has 1 aromatic carbocycles. The molecule has 0 fully saturated rings. The van der Waals surface area contributed by atoms with E-state index in [1.807, 2.05) is 30.5 Å². The maximum atomic E-state index is 12.7. The number of hydrogen-bond acceptors (Lipinski definition) is 3. The van der Waals surface area contributed by atoms with Crippen LogP contribution >= 0.6 is 23.4 Å². The van der Waals surface area contributed by atoms with Gasteiger partial charge < -0.3 is 5.32 Å². The van der Waals surface area contributed by atoms with Gasteiger partial charge in [-0.3, -0.25) is 9.79 Å². The number of amidine groups is 1. The van der Waals surface area contributed by atoms with Crippen LogP contribution in [-0.2, 0) is 10.3 Å². The van der Waals surface area contributed by atoms with Gasteiger partial charge in [-0.2, -0.15) is 0 Å². The Balaban J connectivity index is 3.08. The van der Waals surface area contributed by atoms with Gasteiger partial charge in [-0.15, -0.1) is 0 Å². The molecule has 1 aromatic rings. The lowest BCUT2D eigenvalue weighted by Gasteiger charge is -2.28. The highest BCUT2D eigenvalue weighted by atomic mass is 35.5. The number of unbranched alkanes of at least 4 members (excludes halogenated alkanes) is 1. The number of hydrogen-bond donors (Lipinski definition) is 1. The highest BCUT2D eigenvalue weighted by Crippen LogP contribution is 2.36. The van der Waals surface area contributed by atoms with Gasteiger partial charge in [-0.1, -0.05) is 81.6 Å². The van der Waals surface area contributed by atoms with Crippen LogP contribution in [0.25, 0.3) is 0 Å². The summed E-state index contributed by atoms with van der Waals surface area (Å²) in [7, 11) is 0. The number of benzene rings is 1. The van der Waals surface area contributed by atoms with Crippen LogP contribution in [0.4, 0.5) is 0 Å². The van der Waals surface area contributed by atoms with Gasteiger partial charge in [-0.05, 0) is 44.1 Å². The van der Waals surface area contributed by atoms with E-state index >= 15 is 0 Å². The third kappa shape index (κ3) is 6.62. The first-order chi connectivity index (χ1) is 12.4. The molecular formula is C21H33ClN2OS. The monoisotopic (exact) mass is 396 g/mol. The molecule has 2 unspecified atom stereocenters. The minimum absolute atomic E-state index is 0.0463. The average molecular weight is 397 g/mol. The molecular weight excluding hydrogens is 364 g/mol. The first-order valence-corrected chi connectivity index (χ1v) is 11.2. The zero-order chi connectivity index (χ0) is 19.6. The van der Waals surface area contributed by atoms with Gasteiger partial charge in [0.15, 0.2) is 5.17 Å². The first-order valence-electron chi connectivity index (χ1n) is 9.61. The quantitative estimate of drug-likeness (QED) is 0.387. The van der Waals surface area contributed by atoms with E-state index in [9.17, 15) is 4.79 Å². The largest absolute Gasteiger partial charge is 0.305 e. The van der Waals surface area contributed by atoms with Gasteiger partial charge in [0, 0.05) is 10.9 Å². The van der Waals surface area contributed by atoms with Gasteiger partial charge >= 0.3 is 0 Å². The zero-order valence-corrected chi connectivity index (χ0v) is 18.3. The van der Waals surface area contributed by atoms with Gasteiger partial charge in [0.05, 0.1) is 5.54 Å². The van der Waals surface area contributed by atoms with Gasteiger partial charge in [-0.25, -0.2) is 0 Å². The van der Waals surface area contributed by atoms with E-state index < -0.39 is 5.54 Å². The molecule has 0 aliphatic carbocycles. The Morgan fingerprint density at radius 3 is 2.50 bits per heavy atom. The second kappa shape index (κ2) is 11.7. The van der Waals surface area contributed by atoms with Crippen molar-refractivity contribution in [2.24, 2.45) is 10.9 Å². The minimum atomic E-state index is -0.455. The van der Waals surface area contributed by atoms with Gasteiger partial charge in [0.2, 0.25) is 5.91 Å². The highest BCUT2D eigenvalue weighted by Gasteiger charge is 2.28. The molecule has 0 spiro atoms. The molecule has 146 valence electrons. The van der Waals surface area contributed by atoms with Crippen molar-refractivity contribution in [3.63, 3.8) is 0 Å². The predicted octanol–water partition coefficient (Wildman–Crippen LogP) is 6.41. The number of carbonyl (C=O) groups excluding carboxylic acids is 1. The van der Waals surface area contributed by atoms with Crippen molar-refractivity contribution >= 4 is 34.4 Å². The molecule has 0 aliphatic heterocycles. The Bertz CT molecular complexity index is 605. The smallest absolute Gasteiger partial charge is 0.229 e. The molecule has 0 bridgehead atoms. The van der Waals surface area contributed by atoms with E-state index in [0.29, 0.717) is 10.2 Å². The Hall–Kier alpha value is -1.000. The molecule has 26 heavy (non-hydrogen) atoms. The molecule has 0 radical (unpaired) electrons. The topological polar surface area (TPSA) is 41.5 Å². The maximum absolute atomic E-state index is 12.7. The summed E-state index contributed by atoms with van der Waals surface area (Å²) < 4.78 is 0. The van der Waals surface area contributed by atoms with Crippen molar-refractivity contribution in [1.82, 2.24) is 5.32 Å². The third-order valence-electron chi connectivity index (χ3n) is 4.73. The predicted molar refractivity (Wildman–Crippen MR) is 116 cm³/mol. The van der Waals surface area contributed by atoms with Crippen molar-refractivity contribution in [2.75, 3.05) is 6.26 Å². The van der Waals surface area contributed by atoms with Crippen molar-refractivity contribution < 1.29 is 4.79 Å². The van der Waals surface area contributed by atoms with Crippen LogP contribution < -0.4 is 5.32 Å². The Morgan fingerprint density at radius 1 is 1.27 bits per heavy atom. The Kier molecular flexibility index (Phi) is 10.3. The average Bonchev–Trinajstić information content (AvgIpc) is 2.62. The van der Waals surface area contributed by atoms with Crippen LogP contribution in [0.15, 0.2) is 29.3 Å². The van der Waals surface area contributed by atoms with Crippen molar-refractivity contribution in [2.45, 2.75) is 71.8 Å². The van der Waals surface area contributed by atoms with E-state index in [1.54, 1.807) is 0 Å². The van der Waals surface area contributed by atoms with Gasteiger partial charge in [0.25, 0.3) is 0 Å². The molecule has 3 nitrogen and oxygen atoms in total. The van der Waals surface area contributed by atoms with Crippen molar-refractivity contribution in [1.29, 1.82) is 0 Å². The summed E-state index contributed by atoms with van der Waals surface area (Å²) in [6.07, 6.45) is 7.75. The van der Waals surface area contributed by atoms with Crippen molar-refractivity contribution in [3.05, 3.63) is 34.9 Å². The number of carbonyl (C=O) groups is 1. The molecule has 5 heteroatoms. The fourth-order valence-corrected chi connectivity index (χ4v) is 4.00. The second-order valence-corrected chi connectivity index (χ2v) is 8.06. The molecule has 0 saturated carbocycles. The number of nitrogens with zero attached hydrogens (tertiary/aromatic N) is 1. The zero-order valence-electron chi connectivity index (χ0n) is 16.8. The summed E-state index contributed by atoms with van der Waals surface area (Å²) in [4.78, 5) is 17.6. The number of nitrogens with one attached hydrogen (secondary N) is 1. The number of halogens is 1. The van der Waals surface area contributed by atoms with Gasteiger partial charge in [0.1, 0.15) is 0 Å². The second-order valence-electron chi connectivity index (χ2n) is 6.86. The summed E-state index contributed by atoms with van der Waals surface area (Å²) in [5, 5.41) is 4.44. The molecule has 2 atom stereocenters. The molecule has 0 heterocycles. The molecule has 0 aliphatic rings. The molecule has 0 saturated heterocycles. The summed E-state index contributed by atoms with van der Waals surface area (Å²) in [6, 6.07) is 7.84. The van der Waals surface area contributed by atoms with Crippen LogP contribution in [0.1, 0.15) is 71.8 Å². The summed E-state index contributed by atoms with van der Waals surface area (Å²) in [5.74, 6) is 0.122. The normalized spacial score (nSPS) is 15.4. The lowest BCUT2D eigenvalue weighted by atomic mass is 9.88. The number of rotatable bonds is 9. The van der Waals surface area contributed by atoms with Crippen LogP contribution in [0, 0.1) is 5.92 Å². The summed E-state index contributed by atoms with van der Waals surface area (Å²) >= 11 is 7.92. The van der Waals surface area contributed by atoms with Crippen molar-refractivity contribution in [3.8, 4) is 0 Å². The lowest BCUT2D eigenvalue weighted by Crippen LogP contribution is -2.36. The minimum Gasteiger partial charge on any atom is -0.305 e. The SMILES string of the molecule is CCCCC(CC)C(=O)NC(=NC(C)(CCC)c1ccccc1Cl)SC. The van der Waals surface area contributed by atoms with Crippen LogP contribution in [0.3, 0.4) is 0 Å². The summed E-state index contributed by atoms with van der Waals surface area (Å²) in [5.41, 5.74) is 0.548. The Morgan fingerprint density at radius 2 is 1.96 bits per heavy atom. The van der Waals surface area contributed by atoms with Crippen LogP contribution in [0.2, 0.25) is 5.02 Å². The van der Waals surface area contributed by atoms with E-state index in [4.69, 9.17) is 16.6 Å².